The van der Waals surface area contributed by atoms with Crippen molar-refractivity contribution in [1.29, 1.82) is 0 Å². The lowest BCUT2D eigenvalue weighted by Crippen LogP contribution is -2.19. The first-order chi connectivity index (χ1) is 10.3. The van der Waals surface area contributed by atoms with Crippen LogP contribution in [-0.2, 0) is 6.42 Å². The molecule has 2 atom stereocenters. The smallest absolute Gasteiger partial charge is 0.115 e. The van der Waals surface area contributed by atoms with Gasteiger partial charge in [-0.05, 0) is 70.8 Å². The van der Waals surface area contributed by atoms with Crippen molar-refractivity contribution in [3.8, 4) is 5.75 Å². The van der Waals surface area contributed by atoms with E-state index in [0.717, 1.165) is 6.42 Å². The summed E-state index contributed by atoms with van der Waals surface area (Å²) in [7, 11) is 0. The van der Waals surface area contributed by atoms with Crippen molar-refractivity contribution in [2.24, 2.45) is 0 Å². The lowest BCUT2D eigenvalue weighted by Gasteiger charge is -2.34. The summed E-state index contributed by atoms with van der Waals surface area (Å²) >= 11 is 2.47. The molecular formula is C19H21IO. The molecule has 0 aromatic heterocycles. The third-order valence-corrected chi connectivity index (χ3v) is 5.38. The second-order valence-corrected chi connectivity index (χ2v) is 6.96. The first-order valence-electron chi connectivity index (χ1n) is 7.72. The van der Waals surface area contributed by atoms with Crippen LogP contribution in [0.15, 0.2) is 48.5 Å². The first-order valence-corrected chi connectivity index (χ1v) is 9.25. The van der Waals surface area contributed by atoms with E-state index in [2.05, 4.69) is 59.0 Å². The summed E-state index contributed by atoms with van der Waals surface area (Å²) in [5.74, 6) is 1.61. The number of fused-ring (bicyclic) bond motifs is 1. The largest absolute Gasteiger partial charge is 0.508 e. The number of benzene rings is 2. The lowest BCUT2D eigenvalue weighted by molar-refractivity contribution is 0.440. The van der Waals surface area contributed by atoms with E-state index in [1.807, 2.05) is 12.1 Å². The first kappa shape index (κ1) is 14.9. The van der Waals surface area contributed by atoms with Gasteiger partial charge in [-0.25, -0.2) is 0 Å². The van der Waals surface area contributed by atoms with Gasteiger partial charge in [-0.15, -0.1) is 0 Å². The highest BCUT2D eigenvalue weighted by Crippen LogP contribution is 2.45. The maximum absolute atomic E-state index is 9.73. The summed E-state index contributed by atoms with van der Waals surface area (Å²) in [5, 5.41) is 9.73. The van der Waals surface area contributed by atoms with Crippen LogP contribution in [-0.4, -0.2) is 9.53 Å². The third kappa shape index (κ3) is 3.25. The number of phenols is 1. The summed E-state index contributed by atoms with van der Waals surface area (Å²) in [5.41, 5.74) is 4.27. The molecule has 2 heteroatoms. The van der Waals surface area contributed by atoms with Crippen LogP contribution in [0.4, 0.5) is 0 Å². The minimum absolute atomic E-state index is 0.402. The topological polar surface area (TPSA) is 20.2 Å². The lowest BCUT2D eigenvalue weighted by atomic mass is 9.70. The Bertz CT molecular complexity index is 594. The Hall–Kier alpha value is -1.03. The summed E-state index contributed by atoms with van der Waals surface area (Å²) in [6.45, 7) is 0. The molecule has 1 nitrogen and oxygen atoms in total. The zero-order chi connectivity index (χ0) is 14.7. The molecule has 0 saturated heterocycles. The molecule has 0 spiro atoms. The van der Waals surface area contributed by atoms with Crippen molar-refractivity contribution < 1.29 is 5.11 Å². The molecular weight excluding hydrogens is 371 g/mol. The number of rotatable bonds is 4. The number of hydrogen-bond acceptors (Lipinski definition) is 1. The monoisotopic (exact) mass is 392 g/mol. The minimum Gasteiger partial charge on any atom is -0.508 e. The van der Waals surface area contributed by atoms with Crippen molar-refractivity contribution in [2.45, 2.75) is 37.5 Å². The van der Waals surface area contributed by atoms with Crippen LogP contribution in [0, 0.1) is 0 Å². The highest BCUT2D eigenvalue weighted by atomic mass is 127. The average molecular weight is 392 g/mol. The predicted molar refractivity (Wildman–Crippen MR) is 96.5 cm³/mol. The Morgan fingerprint density at radius 3 is 2.67 bits per heavy atom. The van der Waals surface area contributed by atoms with Crippen molar-refractivity contribution >= 4 is 22.6 Å². The molecule has 0 fully saturated rings. The normalized spacial score (nSPS) is 21.0. The highest BCUT2D eigenvalue weighted by molar-refractivity contribution is 14.1. The SMILES string of the molecule is Oc1ccc2c(c1)CCC(c1ccccc1)C2CCCI. The Labute approximate surface area is 140 Å². The van der Waals surface area contributed by atoms with Crippen LogP contribution in [0.1, 0.15) is 47.8 Å². The molecule has 0 amide bonds. The van der Waals surface area contributed by atoms with Gasteiger partial charge in [-0.3, -0.25) is 0 Å². The van der Waals surface area contributed by atoms with Gasteiger partial charge in [0.1, 0.15) is 5.75 Å². The van der Waals surface area contributed by atoms with E-state index in [1.54, 1.807) is 0 Å². The van der Waals surface area contributed by atoms with E-state index >= 15 is 0 Å². The molecule has 0 saturated carbocycles. The van der Waals surface area contributed by atoms with Gasteiger partial charge in [0, 0.05) is 0 Å². The molecule has 2 unspecified atom stereocenters. The van der Waals surface area contributed by atoms with E-state index in [1.165, 1.54) is 40.4 Å². The van der Waals surface area contributed by atoms with Crippen LogP contribution < -0.4 is 0 Å². The second-order valence-electron chi connectivity index (χ2n) is 5.88. The fraction of sp³-hybridized carbons (Fsp3) is 0.368. The summed E-state index contributed by atoms with van der Waals surface area (Å²) in [4.78, 5) is 0. The summed E-state index contributed by atoms with van der Waals surface area (Å²) < 4.78 is 1.21. The molecule has 0 bridgehead atoms. The van der Waals surface area contributed by atoms with Gasteiger partial charge in [0.2, 0.25) is 0 Å². The van der Waals surface area contributed by atoms with Gasteiger partial charge < -0.3 is 5.11 Å². The molecule has 21 heavy (non-hydrogen) atoms. The molecule has 0 aliphatic heterocycles. The zero-order valence-electron chi connectivity index (χ0n) is 12.1. The Kier molecular flexibility index (Phi) is 4.84. The average Bonchev–Trinajstić information content (AvgIpc) is 2.53. The fourth-order valence-corrected chi connectivity index (χ4v) is 4.09. The van der Waals surface area contributed by atoms with Crippen molar-refractivity contribution in [3.63, 3.8) is 0 Å². The molecule has 3 rings (SSSR count). The van der Waals surface area contributed by atoms with Gasteiger partial charge >= 0.3 is 0 Å². The molecule has 0 radical (unpaired) electrons. The highest BCUT2D eigenvalue weighted by Gasteiger charge is 2.30. The number of hydrogen-bond donors (Lipinski definition) is 1. The maximum Gasteiger partial charge on any atom is 0.115 e. The van der Waals surface area contributed by atoms with Crippen LogP contribution in [0.25, 0.3) is 0 Å². The van der Waals surface area contributed by atoms with Gasteiger partial charge in [0.05, 0.1) is 0 Å². The predicted octanol–water partition coefficient (Wildman–Crippen LogP) is 5.42. The molecule has 1 aliphatic carbocycles. The van der Waals surface area contributed by atoms with E-state index in [-0.39, 0.29) is 0 Å². The standard InChI is InChI=1S/C19H21IO/c20-12-4-7-19-17(14-5-2-1-3-6-14)10-8-15-13-16(21)9-11-18(15)19/h1-3,5-6,9,11,13,17,19,21H,4,7-8,10,12H2. The van der Waals surface area contributed by atoms with Crippen molar-refractivity contribution in [1.82, 2.24) is 0 Å². The van der Waals surface area contributed by atoms with Gasteiger partial charge in [-0.2, -0.15) is 0 Å². The van der Waals surface area contributed by atoms with Crippen molar-refractivity contribution in [2.75, 3.05) is 4.43 Å². The van der Waals surface area contributed by atoms with Crippen LogP contribution in [0.2, 0.25) is 0 Å². The van der Waals surface area contributed by atoms with Gasteiger partial charge in [0.25, 0.3) is 0 Å². The third-order valence-electron chi connectivity index (χ3n) is 4.61. The Morgan fingerprint density at radius 2 is 1.90 bits per heavy atom. The number of halogens is 1. The zero-order valence-corrected chi connectivity index (χ0v) is 14.3. The van der Waals surface area contributed by atoms with E-state index in [4.69, 9.17) is 0 Å². The van der Waals surface area contributed by atoms with E-state index in [0.29, 0.717) is 17.6 Å². The quantitative estimate of drug-likeness (QED) is 0.544. The van der Waals surface area contributed by atoms with Crippen molar-refractivity contribution in [3.05, 3.63) is 65.2 Å². The Morgan fingerprint density at radius 1 is 1.10 bits per heavy atom. The number of phenolic OH excluding ortho intramolecular Hbond substituents is 1. The maximum atomic E-state index is 9.73. The molecule has 110 valence electrons. The fourth-order valence-electron chi connectivity index (χ4n) is 3.65. The number of alkyl halides is 1. The number of aryl methyl sites for hydroxylation is 1. The Balaban J connectivity index is 1.96. The van der Waals surface area contributed by atoms with Crippen LogP contribution in [0.3, 0.4) is 0 Å². The van der Waals surface area contributed by atoms with Gasteiger partial charge in [-0.1, -0.05) is 59.0 Å². The summed E-state index contributed by atoms with van der Waals surface area (Å²) in [6, 6.07) is 16.9. The minimum atomic E-state index is 0.402. The second kappa shape index (κ2) is 6.82. The summed E-state index contributed by atoms with van der Waals surface area (Å²) in [6.07, 6.45) is 4.76. The number of aromatic hydroxyl groups is 1. The molecule has 1 aliphatic rings. The van der Waals surface area contributed by atoms with Crippen LogP contribution in [0.5, 0.6) is 5.75 Å². The molecule has 0 heterocycles. The van der Waals surface area contributed by atoms with Crippen LogP contribution >= 0.6 is 22.6 Å². The molecule has 2 aromatic rings. The van der Waals surface area contributed by atoms with E-state index in [9.17, 15) is 5.11 Å². The molecule has 2 aromatic carbocycles. The van der Waals surface area contributed by atoms with Gasteiger partial charge in [0.15, 0.2) is 0 Å². The molecule has 1 N–H and O–H groups in total. The van der Waals surface area contributed by atoms with E-state index < -0.39 is 0 Å².